The predicted molar refractivity (Wildman–Crippen MR) is 222 cm³/mol. The average molecular weight is 852 g/mol. The van der Waals surface area contributed by atoms with E-state index < -0.39 is 50.1 Å². The number of halogens is 1. The number of nitrogens with one attached hydrogen (secondary N) is 1. The topological polar surface area (TPSA) is 158 Å². The molecule has 14 heteroatoms. The highest BCUT2D eigenvalue weighted by Gasteiger charge is 2.63. The molecule has 1 saturated heterocycles. The van der Waals surface area contributed by atoms with E-state index in [9.17, 15) is 22.8 Å². The number of carbonyl (C=O) groups is 4. The predicted octanol–water partition coefficient (Wildman–Crippen LogP) is 7.35. The summed E-state index contributed by atoms with van der Waals surface area (Å²) in [5.74, 6) is -0.990. The Morgan fingerprint density at radius 3 is 2.53 bits per heavy atom. The van der Waals surface area contributed by atoms with Crippen molar-refractivity contribution >= 4 is 56.0 Å². The molecule has 320 valence electrons. The van der Waals surface area contributed by atoms with Crippen LogP contribution in [0.4, 0.5) is 0 Å². The molecule has 10 atom stereocenters. The quantitative estimate of drug-likeness (QED) is 0.179. The number of Topliss-reactive ketones (excluding diaryl/α,β-unsaturated/α-hetero) is 1. The molecule has 0 spiro atoms. The Labute approximate surface area is 352 Å². The molecule has 1 aromatic carbocycles. The van der Waals surface area contributed by atoms with Gasteiger partial charge in [0.1, 0.15) is 12.2 Å². The van der Waals surface area contributed by atoms with Crippen molar-refractivity contribution in [2.45, 2.75) is 134 Å². The van der Waals surface area contributed by atoms with E-state index in [1.807, 2.05) is 32.1 Å². The maximum Gasteiger partial charge on any atom is 0.306 e. The maximum absolute atomic E-state index is 15.1. The monoisotopic (exact) mass is 851 g/mol. The van der Waals surface area contributed by atoms with Crippen LogP contribution in [-0.4, -0.2) is 78.0 Å². The summed E-state index contributed by atoms with van der Waals surface area (Å²) in [6, 6.07) is 6.18. The molecule has 8 rings (SSSR count). The fraction of sp³-hybridized carbons (Fsp3) is 0.667. The fourth-order valence-corrected chi connectivity index (χ4v) is 11.5. The minimum absolute atomic E-state index is 0.0358. The number of esters is 1. The number of aromatic nitrogens is 1. The molecule has 12 nitrogen and oxygen atoms in total. The van der Waals surface area contributed by atoms with Crippen LogP contribution in [0.5, 0.6) is 11.8 Å². The third kappa shape index (κ3) is 8.74. The number of nitrogens with zero attached hydrogens (tertiary/aromatic N) is 2. The molecule has 2 amide bonds. The van der Waals surface area contributed by atoms with Gasteiger partial charge in [0.2, 0.25) is 33.6 Å². The molecular weight excluding hydrogens is 794 g/mol. The van der Waals surface area contributed by atoms with E-state index in [-0.39, 0.29) is 67.2 Å². The van der Waals surface area contributed by atoms with Crippen LogP contribution in [0, 0.1) is 40.9 Å². The molecule has 2 aliphatic heterocycles. The molecule has 2 aromatic rings. The van der Waals surface area contributed by atoms with E-state index in [4.69, 9.17) is 30.8 Å². The van der Waals surface area contributed by atoms with Gasteiger partial charge in [-0.05, 0) is 113 Å². The third-order valence-corrected chi connectivity index (χ3v) is 16.7. The molecule has 1 N–H and O–H groups in total. The molecular formula is C45H58ClN3O9S. The van der Waals surface area contributed by atoms with Crippen LogP contribution in [0.15, 0.2) is 36.4 Å². The van der Waals surface area contributed by atoms with E-state index in [1.165, 1.54) is 6.42 Å². The number of rotatable bonds is 11. The zero-order valence-electron chi connectivity index (χ0n) is 34.6. The van der Waals surface area contributed by atoms with Crippen LogP contribution in [0.3, 0.4) is 0 Å². The van der Waals surface area contributed by atoms with Gasteiger partial charge in [0.25, 0.3) is 0 Å². The molecule has 6 aliphatic rings. The standard InChI is InChI=1S/C45H58ClN3O9S/c1-5-15-56-39-21-35-33(11-8-12-36(35)46)41(47-39)58-32-20-37-38(50)24-45(43(53)48-59(54,55)44(4)13-14-44)23-30(45)10-7-6-9-26(2)16-27(3)34(42(52)49(37)25-32)22-40(51)57-31-18-28-17-29(28)19-31/h7-8,10-12,21,26-32,34,37H,5-6,9,13-20,22-25H2,1-4H3,(H,48,53)/b10-7-/t26-,27-,28+,29?,30-,31?,32-,34+,37+,45-/m1/s1. The number of fused-ring (bicyclic) bond motifs is 4. The van der Waals surface area contributed by atoms with Crippen LogP contribution in [0.25, 0.3) is 10.8 Å². The van der Waals surface area contributed by atoms with Gasteiger partial charge in [0.05, 0.1) is 41.7 Å². The van der Waals surface area contributed by atoms with Gasteiger partial charge >= 0.3 is 5.97 Å². The molecule has 3 heterocycles. The van der Waals surface area contributed by atoms with E-state index in [0.717, 1.165) is 32.1 Å². The summed E-state index contributed by atoms with van der Waals surface area (Å²) in [6.45, 7) is 8.22. The van der Waals surface area contributed by atoms with Gasteiger partial charge in [0, 0.05) is 34.7 Å². The second-order valence-electron chi connectivity index (χ2n) is 18.9. The number of hydrogen-bond donors (Lipinski definition) is 1. The Kier molecular flexibility index (Phi) is 11.6. The average Bonchev–Trinajstić information content (AvgIpc) is 4.14. The summed E-state index contributed by atoms with van der Waals surface area (Å²) in [4.78, 5) is 63.9. The number of ether oxygens (including phenoxy) is 3. The number of hydrogen-bond acceptors (Lipinski definition) is 10. The van der Waals surface area contributed by atoms with E-state index >= 15 is 4.79 Å². The number of ketones is 1. The molecule has 4 saturated carbocycles. The second kappa shape index (κ2) is 16.3. The highest BCUT2D eigenvalue weighted by molar-refractivity contribution is 7.91. The molecule has 0 radical (unpaired) electrons. The van der Waals surface area contributed by atoms with Gasteiger partial charge in [-0.15, -0.1) is 0 Å². The molecule has 5 fully saturated rings. The Morgan fingerprint density at radius 1 is 1.03 bits per heavy atom. The molecule has 2 unspecified atom stereocenters. The van der Waals surface area contributed by atoms with E-state index in [1.54, 1.807) is 30.0 Å². The number of pyridine rings is 1. The van der Waals surface area contributed by atoms with Crippen molar-refractivity contribution in [1.82, 2.24) is 14.6 Å². The molecule has 4 aliphatic carbocycles. The first kappa shape index (κ1) is 42.0. The third-order valence-electron chi connectivity index (χ3n) is 14.2. The zero-order chi connectivity index (χ0) is 41.9. The lowest BCUT2D eigenvalue weighted by molar-refractivity contribution is -0.155. The van der Waals surface area contributed by atoms with Gasteiger partial charge in [0.15, 0.2) is 5.78 Å². The highest BCUT2D eigenvalue weighted by atomic mass is 35.5. The lowest BCUT2D eigenvalue weighted by Crippen LogP contribution is -2.48. The van der Waals surface area contributed by atoms with Crippen molar-refractivity contribution in [2.24, 2.45) is 40.9 Å². The van der Waals surface area contributed by atoms with Crippen molar-refractivity contribution in [1.29, 1.82) is 0 Å². The van der Waals surface area contributed by atoms with Gasteiger partial charge in [-0.2, -0.15) is 4.98 Å². The number of benzene rings is 1. The summed E-state index contributed by atoms with van der Waals surface area (Å²) in [7, 11) is -3.96. The Morgan fingerprint density at radius 2 is 1.80 bits per heavy atom. The first-order valence-electron chi connectivity index (χ1n) is 21.7. The SMILES string of the molecule is CCCOc1cc2c(Cl)cccc2c(O[C@@H]2C[C@H]3C(=O)C[C@]4(C(=O)NS(=O)(=O)C5(C)CC5)C[C@H]4/C=C\CC[C@@H](C)C[C@@H](C)[C@H](CC(=O)OC4CC5C[C@H]5C4)C(=O)N3C2)n1. The fourth-order valence-electron chi connectivity index (χ4n) is 9.97. The van der Waals surface area contributed by atoms with Crippen LogP contribution >= 0.6 is 11.6 Å². The van der Waals surface area contributed by atoms with Gasteiger partial charge in [-0.1, -0.05) is 50.6 Å². The van der Waals surface area contributed by atoms with Crippen molar-refractivity contribution in [3.8, 4) is 11.8 Å². The molecule has 0 bridgehead atoms. The van der Waals surface area contributed by atoms with Crippen molar-refractivity contribution in [2.75, 3.05) is 13.2 Å². The normalized spacial score (nSPS) is 34.4. The van der Waals surface area contributed by atoms with Crippen molar-refractivity contribution in [3.63, 3.8) is 0 Å². The summed E-state index contributed by atoms with van der Waals surface area (Å²) in [6.07, 6.45) is 10.1. The van der Waals surface area contributed by atoms with Crippen LogP contribution in [-0.2, 0) is 33.9 Å². The highest BCUT2D eigenvalue weighted by Crippen LogP contribution is 2.58. The molecule has 59 heavy (non-hydrogen) atoms. The first-order chi connectivity index (χ1) is 28.1. The minimum atomic E-state index is -3.96. The number of amides is 2. The number of carbonyl (C=O) groups excluding carboxylic acids is 4. The lowest BCUT2D eigenvalue weighted by atomic mass is 9.82. The van der Waals surface area contributed by atoms with Gasteiger partial charge < -0.3 is 19.1 Å². The van der Waals surface area contributed by atoms with Gasteiger partial charge in [-0.3, -0.25) is 23.9 Å². The van der Waals surface area contributed by atoms with Crippen molar-refractivity contribution < 1.29 is 41.8 Å². The maximum atomic E-state index is 15.1. The second-order valence-corrected chi connectivity index (χ2v) is 21.5. The largest absolute Gasteiger partial charge is 0.478 e. The van der Waals surface area contributed by atoms with Gasteiger partial charge in [-0.25, -0.2) is 8.42 Å². The lowest BCUT2D eigenvalue weighted by Gasteiger charge is -2.32. The number of sulfonamides is 1. The van der Waals surface area contributed by atoms with Crippen molar-refractivity contribution in [3.05, 3.63) is 41.4 Å². The van der Waals surface area contributed by atoms with Crippen LogP contribution in [0.1, 0.15) is 111 Å². The smallest absolute Gasteiger partial charge is 0.306 e. The summed E-state index contributed by atoms with van der Waals surface area (Å²) in [5, 5.41) is 1.81. The Hall–Kier alpha value is -3.71. The summed E-state index contributed by atoms with van der Waals surface area (Å²) in [5.41, 5.74) is -1.27. The Bertz CT molecular complexity index is 2130. The zero-order valence-corrected chi connectivity index (χ0v) is 36.2. The van der Waals surface area contributed by atoms with Crippen LogP contribution in [0.2, 0.25) is 5.02 Å². The molecule has 1 aromatic heterocycles. The Balaban J connectivity index is 1.12. The van der Waals surface area contributed by atoms with E-state index in [2.05, 4.69) is 11.6 Å². The summed E-state index contributed by atoms with van der Waals surface area (Å²) < 4.78 is 46.5. The van der Waals surface area contributed by atoms with E-state index in [0.29, 0.717) is 65.8 Å². The summed E-state index contributed by atoms with van der Waals surface area (Å²) >= 11 is 6.64. The minimum Gasteiger partial charge on any atom is -0.478 e. The van der Waals surface area contributed by atoms with Crippen LogP contribution < -0.4 is 14.2 Å². The number of allylic oxidation sites excluding steroid dienone is 2. The first-order valence-corrected chi connectivity index (χ1v) is 23.6.